The molecule has 0 fully saturated rings. The Morgan fingerprint density at radius 1 is 1.00 bits per heavy atom. The van der Waals surface area contributed by atoms with Gasteiger partial charge in [0.1, 0.15) is 11.5 Å². The van der Waals surface area contributed by atoms with Crippen molar-refractivity contribution < 1.29 is 14.3 Å². The molecule has 0 unspecified atom stereocenters. The third-order valence-corrected chi connectivity index (χ3v) is 3.25. The molecule has 3 nitrogen and oxygen atoms in total. The van der Waals surface area contributed by atoms with Crippen LogP contribution in [0.2, 0.25) is 0 Å². The highest BCUT2D eigenvalue weighted by Crippen LogP contribution is 2.26. The molecule has 0 heterocycles. The summed E-state index contributed by atoms with van der Waals surface area (Å²) in [7, 11) is 3.14. The van der Waals surface area contributed by atoms with Crippen LogP contribution in [0.1, 0.15) is 15.9 Å². The predicted molar refractivity (Wildman–Crippen MR) is 77.1 cm³/mol. The fourth-order valence-electron chi connectivity index (χ4n) is 1.75. The van der Waals surface area contributed by atoms with E-state index in [1.54, 1.807) is 50.6 Å². The monoisotopic (exact) mass is 320 g/mol. The molecule has 98 valence electrons. The minimum atomic E-state index is -0.0768. The van der Waals surface area contributed by atoms with Gasteiger partial charge in [-0.25, -0.2) is 0 Å². The minimum absolute atomic E-state index is 0.0768. The molecule has 0 aliphatic heterocycles. The lowest BCUT2D eigenvalue weighted by atomic mass is 10.0. The lowest BCUT2D eigenvalue weighted by molar-refractivity contribution is 0.103. The van der Waals surface area contributed by atoms with Gasteiger partial charge in [0, 0.05) is 10.0 Å². The fourth-order valence-corrected chi connectivity index (χ4v) is 2.09. The fraction of sp³-hybridized carbons (Fsp3) is 0.133. The van der Waals surface area contributed by atoms with Crippen LogP contribution in [-0.4, -0.2) is 20.0 Å². The number of ether oxygens (including phenoxy) is 2. The van der Waals surface area contributed by atoms with Gasteiger partial charge in [0.15, 0.2) is 5.78 Å². The molecule has 0 radical (unpaired) electrons. The lowest BCUT2D eigenvalue weighted by Gasteiger charge is -2.08. The van der Waals surface area contributed by atoms with Crippen molar-refractivity contribution in [2.24, 2.45) is 0 Å². The Hall–Kier alpha value is -1.81. The van der Waals surface area contributed by atoms with Gasteiger partial charge in [-0.3, -0.25) is 4.79 Å². The van der Waals surface area contributed by atoms with Crippen LogP contribution in [0.25, 0.3) is 0 Å². The van der Waals surface area contributed by atoms with Crippen molar-refractivity contribution in [1.82, 2.24) is 0 Å². The van der Waals surface area contributed by atoms with E-state index < -0.39 is 0 Å². The molecule has 2 aromatic rings. The summed E-state index contributed by atoms with van der Waals surface area (Å²) in [6.07, 6.45) is 0. The Bertz CT molecular complexity index is 591. The highest BCUT2D eigenvalue weighted by atomic mass is 79.9. The molecule has 0 amide bonds. The van der Waals surface area contributed by atoms with Crippen LogP contribution >= 0.6 is 15.9 Å². The molecule has 0 bridgehead atoms. The first-order chi connectivity index (χ1) is 9.15. The molecule has 19 heavy (non-hydrogen) atoms. The van der Waals surface area contributed by atoms with E-state index in [2.05, 4.69) is 15.9 Å². The second kappa shape index (κ2) is 5.89. The van der Waals surface area contributed by atoms with Gasteiger partial charge in [0.25, 0.3) is 0 Å². The zero-order chi connectivity index (χ0) is 13.8. The molecule has 0 spiro atoms. The molecule has 0 atom stereocenters. The van der Waals surface area contributed by atoms with Gasteiger partial charge in [0.05, 0.1) is 19.8 Å². The summed E-state index contributed by atoms with van der Waals surface area (Å²) in [5.41, 5.74) is 1.14. The summed E-state index contributed by atoms with van der Waals surface area (Å²) in [5, 5.41) is 0. The Balaban J connectivity index is 2.37. The first kappa shape index (κ1) is 13.6. The van der Waals surface area contributed by atoms with Crippen molar-refractivity contribution in [2.45, 2.75) is 0 Å². The number of rotatable bonds is 4. The standard InChI is InChI=1S/C15H13BrO3/c1-18-12-6-3-10(4-7-12)15(17)13-8-5-11(16)9-14(13)19-2/h3-9H,1-2H3. The largest absolute Gasteiger partial charge is 0.497 e. The topological polar surface area (TPSA) is 35.5 Å². The van der Waals surface area contributed by atoms with E-state index >= 15 is 0 Å². The van der Waals surface area contributed by atoms with E-state index in [1.165, 1.54) is 0 Å². The van der Waals surface area contributed by atoms with Crippen LogP contribution in [0.4, 0.5) is 0 Å². The van der Waals surface area contributed by atoms with Crippen LogP contribution in [0.3, 0.4) is 0 Å². The Kier molecular flexibility index (Phi) is 4.22. The van der Waals surface area contributed by atoms with Crippen molar-refractivity contribution in [1.29, 1.82) is 0 Å². The van der Waals surface area contributed by atoms with E-state index in [1.807, 2.05) is 6.07 Å². The molecular formula is C15H13BrO3. The van der Waals surface area contributed by atoms with Gasteiger partial charge in [-0.2, -0.15) is 0 Å². The molecule has 0 aromatic heterocycles. The highest BCUT2D eigenvalue weighted by Gasteiger charge is 2.14. The van der Waals surface area contributed by atoms with Gasteiger partial charge in [-0.15, -0.1) is 0 Å². The molecule has 0 saturated heterocycles. The molecule has 0 aliphatic rings. The van der Waals surface area contributed by atoms with E-state index in [0.29, 0.717) is 16.9 Å². The second-order valence-electron chi connectivity index (χ2n) is 3.90. The third-order valence-electron chi connectivity index (χ3n) is 2.76. The van der Waals surface area contributed by atoms with Crippen LogP contribution in [0, 0.1) is 0 Å². The maximum absolute atomic E-state index is 12.4. The Labute approximate surface area is 120 Å². The first-order valence-corrected chi connectivity index (χ1v) is 6.47. The average molecular weight is 321 g/mol. The van der Waals surface area contributed by atoms with Gasteiger partial charge in [-0.1, -0.05) is 15.9 Å². The number of methoxy groups -OCH3 is 2. The number of carbonyl (C=O) groups excluding carboxylic acids is 1. The summed E-state index contributed by atoms with van der Waals surface area (Å²) in [4.78, 5) is 12.4. The average Bonchev–Trinajstić information content (AvgIpc) is 2.46. The number of hydrogen-bond donors (Lipinski definition) is 0. The molecule has 0 N–H and O–H groups in total. The molecule has 2 aromatic carbocycles. The van der Waals surface area contributed by atoms with Crippen LogP contribution in [-0.2, 0) is 0 Å². The number of benzene rings is 2. The summed E-state index contributed by atoms with van der Waals surface area (Å²) in [6.45, 7) is 0. The number of carbonyl (C=O) groups is 1. The van der Waals surface area contributed by atoms with Crippen molar-refractivity contribution in [2.75, 3.05) is 14.2 Å². The van der Waals surface area contributed by atoms with Gasteiger partial charge in [-0.05, 0) is 42.5 Å². The first-order valence-electron chi connectivity index (χ1n) is 5.68. The summed E-state index contributed by atoms with van der Waals surface area (Å²) in [6, 6.07) is 12.3. The van der Waals surface area contributed by atoms with E-state index in [-0.39, 0.29) is 5.78 Å². The van der Waals surface area contributed by atoms with E-state index in [0.717, 1.165) is 10.2 Å². The highest BCUT2D eigenvalue weighted by molar-refractivity contribution is 9.10. The number of ketones is 1. The summed E-state index contributed by atoms with van der Waals surface area (Å²) >= 11 is 3.35. The summed E-state index contributed by atoms with van der Waals surface area (Å²) in [5.74, 6) is 1.20. The Morgan fingerprint density at radius 2 is 1.68 bits per heavy atom. The molecule has 2 rings (SSSR count). The van der Waals surface area contributed by atoms with Gasteiger partial charge < -0.3 is 9.47 Å². The molecule has 4 heteroatoms. The van der Waals surface area contributed by atoms with Crippen molar-refractivity contribution in [3.05, 3.63) is 58.1 Å². The predicted octanol–water partition coefficient (Wildman–Crippen LogP) is 3.70. The van der Waals surface area contributed by atoms with Gasteiger partial charge in [0.2, 0.25) is 0 Å². The number of halogens is 1. The normalized spacial score (nSPS) is 10.1. The summed E-state index contributed by atoms with van der Waals surface area (Å²) < 4.78 is 11.2. The maximum Gasteiger partial charge on any atom is 0.196 e. The minimum Gasteiger partial charge on any atom is -0.497 e. The Morgan fingerprint density at radius 3 is 2.26 bits per heavy atom. The zero-order valence-corrected chi connectivity index (χ0v) is 12.2. The smallest absolute Gasteiger partial charge is 0.196 e. The van der Waals surface area contributed by atoms with Crippen LogP contribution in [0.5, 0.6) is 11.5 Å². The van der Waals surface area contributed by atoms with Crippen molar-refractivity contribution >= 4 is 21.7 Å². The molecular weight excluding hydrogens is 308 g/mol. The second-order valence-corrected chi connectivity index (χ2v) is 4.82. The maximum atomic E-state index is 12.4. The lowest BCUT2D eigenvalue weighted by Crippen LogP contribution is -2.04. The number of hydrogen-bond acceptors (Lipinski definition) is 3. The van der Waals surface area contributed by atoms with Crippen molar-refractivity contribution in [3.8, 4) is 11.5 Å². The molecule has 0 aliphatic carbocycles. The zero-order valence-electron chi connectivity index (χ0n) is 10.6. The SMILES string of the molecule is COc1ccc(C(=O)c2ccc(Br)cc2OC)cc1. The third kappa shape index (κ3) is 2.96. The molecule has 0 saturated carbocycles. The van der Waals surface area contributed by atoms with Gasteiger partial charge >= 0.3 is 0 Å². The quantitative estimate of drug-likeness (QED) is 0.806. The van der Waals surface area contributed by atoms with E-state index in [4.69, 9.17) is 9.47 Å². The van der Waals surface area contributed by atoms with Crippen molar-refractivity contribution in [3.63, 3.8) is 0 Å². The van der Waals surface area contributed by atoms with E-state index in [9.17, 15) is 4.79 Å². The van der Waals surface area contributed by atoms with Crippen LogP contribution in [0.15, 0.2) is 46.9 Å². The van der Waals surface area contributed by atoms with Crippen LogP contribution < -0.4 is 9.47 Å².